The number of anilines is 5. The number of halogens is 1. The van der Waals surface area contributed by atoms with Crippen molar-refractivity contribution in [2.24, 2.45) is 0 Å². The van der Waals surface area contributed by atoms with Gasteiger partial charge in [0.2, 0.25) is 5.95 Å². The fourth-order valence-electron chi connectivity index (χ4n) is 3.88. The molecular formula is C26H31ClN6O3. The van der Waals surface area contributed by atoms with Crippen LogP contribution >= 0.6 is 11.6 Å². The number of aliphatic hydroxyl groups excluding tert-OH is 1. The van der Waals surface area contributed by atoms with Crippen LogP contribution in [0.5, 0.6) is 0 Å². The van der Waals surface area contributed by atoms with Crippen molar-refractivity contribution in [2.75, 3.05) is 62.1 Å². The molecule has 36 heavy (non-hydrogen) atoms. The summed E-state index contributed by atoms with van der Waals surface area (Å²) in [6.45, 7) is 4.41. The summed E-state index contributed by atoms with van der Waals surface area (Å²) in [7, 11) is 3.60. The molecule has 2 N–H and O–H groups in total. The third-order valence-electron chi connectivity index (χ3n) is 6.22. The standard InChI is InChI=1S/C26H31ClN6O3/c1-18(17-34)31(2)25(35)19-13-21(16-23(14-19)33-9-11-36-12-10-33)29-26-28-8-7-24(30-26)32(3)22-6-4-5-20(27)15-22/h4-8,13-16,18,34H,9-12,17H2,1-3H3,(H,28,29,30)/t18-/m0/s1. The predicted molar refractivity (Wildman–Crippen MR) is 143 cm³/mol. The highest BCUT2D eigenvalue weighted by atomic mass is 35.5. The Kier molecular flexibility index (Phi) is 8.25. The van der Waals surface area contributed by atoms with Crippen molar-refractivity contribution >= 4 is 46.3 Å². The van der Waals surface area contributed by atoms with Gasteiger partial charge in [-0.25, -0.2) is 4.98 Å². The molecule has 0 aliphatic carbocycles. The van der Waals surface area contributed by atoms with Gasteiger partial charge in [0.05, 0.1) is 25.9 Å². The molecule has 3 aromatic rings. The van der Waals surface area contributed by atoms with Gasteiger partial charge < -0.3 is 29.9 Å². The molecule has 4 rings (SSSR count). The molecule has 1 aliphatic rings. The molecule has 1 amide bonds. The number of carbonyl (C=O) groups is 1. The van der Waals surface area contributed by atoms with Gasteiger partial charge in [0.1, 0.15) is 5.82 Å². The molecule has 0 spiro atoms. The van der Waals surface area contributed by atoms with Crippen LogP contribution in [-0.2, 0) is 4.74 Å². The Hall–Kier alpha value is -3.40. The minimum atomic E-state index is -0.303. The maximum atomic E-state index is 13.2. The Labute approximate surface area is 216 Å². The first-order valence-corrected chi connectivity index (χ1v) is 12.2. The molecule has 1 fully saturated rings. The maximum Gasteiger partial charge on any atom is 0.254 e. The summed E-state index contributed by atoms with van der Waals surface area (Å²) in [5.74, 6) is 0.910. The van der Waals surface area contributed by atoms with Gasteiger partial charge in [-0.3, -0.25) is 4.79 Å². The van der Waals surface area contributed by atoms with Gasteiger partial charge in [0.15, 0.2) is 0 Å². The average molecular weight is 511 g/mol. The Morgan fingerprint density at radius 2 is 1.97 bits per heavy atom. The van der Waals surface area contributed by atoms with Crippen LogP contribution in [0.15, 0.2) is 54.7 Å². The van der Waals surface area contributed by atoms with Crippen LogP contribution in [-0.4, -0.2) is 78.9 Å². The smallest absolute Gasteiger partial charge is 0.254 e. The topological polar surface area (TPSA) is 94.1 Å². The molecule has 0 unspecified atom stereocenters. The van der Waals surface area contributed by atoms with Gasteiger partial charge in [0.25, 0.3) is 5.91 Å². The third-order valence-corrected chi connectivity index (χ3v) is 6.46. The Bertz CT molecular complexity index is 1200. The van der Waals surface area contributed by atoms with Crippen molar-refractivity contribution in [3.8, 4) is 0 Å². The number of nitrogens with zero attached hydrogens (tertiary/aromatic N) is 5. The lowest BCUT2D eigenvalue weighted by Gasteiger charge is -2.30. The van der Waals surface area contributed by atoms with Crippen molar-refractivity contribution in [3.63, 3.8) is 0 Å². The minimum absolute atomic E-state index is 0.114. The van der Waals surface area contributed by atoms with Crippen molar-refractivity contribution in [1.29, 1.82) is 0 Å². The van der Waals surface area contributed by atoms with E-state index in [0.717, 1.165) is 24.5 Å². The fraction of sp³-hybridized carbons (Fsp3) is 0.346. The quantitative estimate of drug-likeness (QED) is 0.471. The molecule has 0 bridgehead atoms. The zero-order valence-electron chi connectivity index (χ0n) is 20.7. The SMILES string of the molecule is C[C@@H](CO)N(C)C(=O)c1cc(Nc2nccc(N(C)c3cccc(Cl)c3)n2)cc(N2CCOCC2)c1. The second-order valence-electron chi connectivity index (χ2n) is 8.72. The van der Waals surface area contributed by atoms with Crippen molar-refractivity contribution in [2.45, 2.75) is 13.0 Å². The second-order valence-corrected chi connectivity index (χ2v) is 9.15. The fourth-order valence-corrected chi connectivity index (χ4v) is 4.06. The molecular weight excluding hydrogens is 480 g/mol. The van der Waals surface area contributed by atoms with Gasteiger partial charge in [-0.2, -0.15) is 4.98 Å². The van der Waals surface area contributed by atoms with Crippen molar-refractivity contribution in [1.82, 2.24) is 14.9 Å². The lowest BCUT2D eigenvalue weighted by Crippen LogP contribution is -2.38. The van der Waals surface area contributed by atoms with Crippen LogP contribution in [0.1, 0.15) is 17.3 Å². The van der Waals surface area contributed by atoms with Crippen LogP contribution in [0.25, 0.3) is 0 Å². The molecule has 1 aliphatic heterocycles. The number of hydrogen-bond acceptors (Lipinski definition) is 8. The number of nitrogens with one attached hydrogen (secondary N) is 1. The number of hydrogen-bond donors (Lipinski definition) is 2. The average Bonchev–Trinajstić information content (AvgIpc) is 2.91. The summed E-state index contributed by atoms with van der Waals surface area (Å²) >= 11 is 6.16. The lowest BCUT2D eigenvalue weighted by atomic mass is 10.1. The third kappa shape index (κ3) is 6.04. The first-order chi connectivity index (χ1) is 17.4. The van der Waals surface area contributed by atoms with Crippen LogP contribution in [0.3, 0.4) is 0 Å². The number of carbonyl (C=O) groups excluding carboxylic acids is 1. The van der Waals surface area contributed by atoms with Crippen LogP contribution in [0, 0.1) is 0 Å². The summed E-state index contributed by atoms with van der Waals surface area (Å²) in [5, 5.41) is 13.4. The zero-order valence-corrected chi connectivity index (χ0v) is 21.4. The van der Waals surface area contributed by atoms with E-state index in [0.29, 0.717) is 41.3 Å². The van der Waals surface area contributed by atoms with Gasteiger partial charge in [-0.15, -0.1) is 0 Å². The number of aliphatic hydroxyl groups is 1. The number of amides is 1. The Balaban J connectivity index is 1.64. The molecule has 10 heteroatoms. The highest BCUT2D eigenvalue weighted by Crippen LogP contribution is 2.28. The number of morpholine rings is 1. The van der Waals surface area contributed by atoms with Gasteiger partial charge in [-0.1, -0.05) is 17.7 Å². The molecule has 2 aromatic carbocycles. The van der Waals surface area contributed by atoms with E-state index in [-0.39, 0.29) is 18.6 Å². The summed E-state index contributed by atoms with van der Waals surface area (Å²) in [4.78, 5) is 27.9. The number of ether oxygens (including phenoxy) is 1. The van der Waals surface area contributed by atoms with Gasteiger partial charge in [0, 0.05) is 61.0 Å². The number of likely N-dealkylation sites (N-methyl/N-ethyl adjacent to an activating group) is 1. The summed E-state index contributed by atoms with van der Waals surface area (Å²) in [5.41, 5.74) is 3.01. The number of aromatic nitrogens is 2. The van der Waals surface area contributed by atoms with Crippen molar-refractivity contribution < 1.29 is 14.6 Å². The first-order valence-electron chi connectivity index (χ1n) is 11.8. The van der Waals surface area contributed by atoms with E-state index in [1.807, 2.05) is 54.4 Å². The normalized spacial score (nSPS) is 14.3. The molecule has 9 nitrogen and oxygen atoms in total. The van der Waals surface area contributed by atoms with Crippen LogP contribution < -0.4 is 15.1 Å². The van der Waals surface area contributed by atoms with E-state index < -0.39 is 0 Å². The van der Waals surface area contributed by atoms with E-state index in [2.05, 4.69) is 20.2 Å². The molecule has 0 radical (unpaired) electrons. The molecule has 1 atom stereocenters. The summed E-state index contributed by atoms with van der Waals surface area (Å²) < 4.78 is 5.50. The zero-order chi connectivity index (χ0) is 25.7. The molecule has 1 aromatic heterocycles. The van der Waals surface area contributed by atoms with E-state index in [4.69, 9.17) is 16.3 Å². The number of benzene rings is 2. The van der Waals surface area contributed by atoms with Gasteiger partial charge >= 0.3 is 0 Å². The minimum Gasteiger partial charge on any atom is -0.394 e. The molecule has 0 saturated carbocycles. The highest BCUT2D eigenvalue weighted by Gasteiger charge is 2.20. The molecule has 190 valence electrons. The first kappa shape index (κ1) is 25.7. The van der Waals surface area contributed by atoms with E-state index >= 15 is 0 Å². The lowest BCUT2D eigenvalue weighted by molar-refractivity contribution is 0.0682. The van der Waals surface area contributed by atoms with Gasteiger partial charge in [-0.05, 0) is 49.4 Å². The highest BCUT2D eigenvalue weighted by molar-refractivity contribution is 6.30. The summed E-state index contributed by atoms with van der Waals surface area (Å²) in [6.07, 6.45) is 1.68. The van der Waals surface area contributed by atoms with Crippen LogP contribution in [0.4, 0.5) is 28.8 Å². The number of rotatable bonds is 8. The van der Waals surface area contributed by atoms with E-state index in [1.54, 1.807) is 31.1 Å². The summed E-state index contributed by atoms with van der Waals surface area (Å²) in [6, 6.07) is 14.7. The van der Waals surface area contributed by atoms with Crippen molar-refractivity contribution in [3.05, 3.63) is 65.3 Å². The second kappa shape index (κ2) is 11.6. The maximum absolute atomic E-state index is 13.2. The largest absolute Gasteiger partial charge is 0.394 e. The Morgan fingerprint density at radius 3 is 2.69 bits per heavy atom. The molecule has 2 heterocycles. The van der Waals surface area contributed by atoms with E-state index in [9.17, 15) is 9.90 Å². The Morgan fingerprint density at radius 1 is 1.19 bits per heavy atom. The van der Waals surface area contributed by atoms with E-state index in [1.165, 1.54) is 0 Å². The molecule has 1 saturated heterocycles. The van der Waals surface area contributed by atoms with Crippen LogP contribution in [0.2, 0.25) is 5.02 Å². The monoisotopic (exact) mass is 510 g/mol. The predicted octanol–water partition coefficient (Wildman–Crippen LogP) is 3.93.